The molecular formula is C22H27F2N3O3S. The zero-order valence-corrected chi connectivity index (χ0v) is 18.3. The van der Waals surface area contributed by atoms with Crippen molar-refractivity contribution in [3.63, 3.8) is 0 Å². The van der Waals surface area contributed by atoms with Crippen LogP contribution in [-0.2, 0) is 27.9 Å². The fraction of sp³-hybridized carbons (Fsp3) is 0.409. The molecule has 1 amide bonds. The van der Waals surface area contributed by atoms with Gasteiger partial charge in [-0.25, -0.2) is 17.2 Å². The van der Waals surface area contributed by atoms with E-state index in [0.717, 1.165) is 49.1 Å². The molecule has 1 heterocycles. The number of nitrogens with zero attached hydrogens (tertiary/aromatic N) is 2. The van der Waals surface area contributed by atoms with Crippen molar-refractivity contribution in [2.75, 3.05) is 30.2 Å². The van der Waals surface area contributed by atoms with Gasteiger partial charge in [0.15, 0.2) is 0 Å². The first kappa shape index (κ1) is 23.1. The van der Waals surface area contributed by atoms with Crippen molar-refractivity contribution in [2.45, 2.75) is 32.4 Å². The van der Waals surface area contributed by atoms with Crippen molar-refractivity contribution < 1.29 is 22.0 Å². The van der Waals surface area contributed by atoms with Crippen LogP contribution in [0.5, 0.6) is 0 Å². The second kappa shape index (κ2) is 10.2. The summed E-state index contributed by atoms with van der Waals surface area (Å²) in [6.45, 7) is 2.52. The highest BCUT2D eigenvalue weighted by Gasteiger charge is 2.24. The van der Waals surface area contributed by atoms with Gasteiger partial charge < -0.3 is 5.32 Å². The Morgan fingerprint density at radius 1 is 1.06 bits per heavy atom. The number of carbonyl (C=O) groups is 1. The number of piperidine rings is 1. The molecule has 0 atom stereocenters. The molecule has 0 radical (unpaired) electrons. The second-order valence-corrected chi connectivity index (χ2v) is 9.65. The highest BCUT2D eigenvalue weighted by Crippen LogP contribution is 2.22. The van der Waals surface area contributed by atoms with Gasteiger partial charge in [-0.2, -0.15) is 0 Å². The summed E-state index contributed by atoms with van der Waals surface area (Å²) in [5, 5.41) is 2.72. The van der Waals surface area contributed by atoms with Gasteiger partial charge in [0.05, 0.1) is 11.9 Å². The standard InChI is InChI=1S/C22H27F2N3O3S/c1-31(29,30)27(21-10-9-19(23)13-20(21)24)16-22(28)25-14-17-7-3-4-8-18(17)15-26-11-5-2-6-12-26/h3-4,7-10,13H,2,5-6,11-12,14-16H2,1H3,(H,25,28). The Bertz CT molecular complexity index is 1020. The number of anilines is 1. The van der Waals surface area contributed by atoms with Crippen molar-refractivity contribution >= 4 is 21.6 Å². The van der Waals surface area contributed by atoms with Crippen molar-refractivity contribution in [1.29, 1.82) is 0 Å². The molecule has 31 heavy (non-hydrogen) atoms. The normalized spacial score (nSPS) is 14.9. The van der Waals surface area contributed by atoms with Crippen LogP contribution in [-0.4, -0.2) is 45.1 Å². The van der Waals surface area contributed by atoms with Crippen molar-refractivity contribution in [2.24, 2.45) is 0 Å². The number of benzene rings is 2. The largest absolute Gasteiger partial charge is 0.350 e. The third kappa shape index (κ3) is 6.48. The molecule has 1 saturated heterocycles. The molecule has 9 heteroatoms. The van der Waals surface area contributed by atoms with Gasteiger partial charge in [-0.3, -0.25) is 14.0 Å². The minimum Gasteiger partial charge on any atom is -0.350 e. The predicted octanol–water partition coefficient (Wildman–Crippen LogP) is 3.03. The fourth-order valence-corrected chi connectivity index (χ4v) is 4.54. The Labute approximate surface area is 181 Å². The zero-order chi connectivity index (χ0) is 22.4. The molecule has 0 aromatic heterocycles. The van der Waals surface area contributed by atoms with E-state index in [4.69, 9.17) is 0 Å². The SMILES string of the molecule is CS(=O)(=O)N(CC(=O)NCc1ccccc1CN1CCCCC1)c1ccc(F)cc1F. The van der Waals surface area contributed by atoms with Crippen molar-refractivity contribution in [1.82, 2.24) is 10.2 Å². The highest BCUT2D eigenvalue weighted by atomic mass is 32.2. The van der Waals surface area contributed by atoms with E-state index < -0.39 is 34.1 Å². The van der Waals surface area contributed by atoms with Gasteiger partial charge in [-0.15, -0.1) is 0 Å². The minimum absolute atomic E-state index is 0.229. The van der Waals surface area contributed by atoms with E-state index in [2.05, 4.69) is 10.2 Å². The number of sulfonamides is 1. The van der Waals surface area contributed by atoms with Crippen molar-refractivity contribution in [3.8, 4) is 0 Å². The number of halogens is 2. The summed E-state index contributed by atoms with van der Waals surface area (Å²) in [6.07, 6.45) is 4.48. The molecular weight excluding hydrogens is 424 g/mol. The molecule has 1 aliphatic rings. The Kier molecular flexibility index (Phi) is 7.61. The number of hydrogen-bond acceptors (Lipinski definition) is 4. The molecule has 1 fully saturated rings. The van der Waals surface area contributed by atoms with Crippen LogP contribution < -0.4 is 9.62 Å². The summed E-state index contributed by atoms with van der Waals surface area (Å²) in [4.78, 5) is 14.9. The topological polar surface area (TPSA) is 69.7 Å². The lowest BCUT2D eigenvalue weighted by Crippen LogP contribution is -2.40. The number of hydrogen-bond donors (Lipinski definition) is 1. The van der Waals surface area contributed by atoms with Gasteiger partial charge in [0, 0.05) is 19.2 Å². The van der Waals surface area contributed by atoms with Crippen LogP contribution >= 0.6 is 0 Å². The van der Waals surface area contributed by atoms with E-state index >= 15 is 0 Å². The predicted molar refractivity (Wildman–Crippen MR) is 116 cm³/mol. The van der Waals surface area contributed by atoms with Crippen LogP contribution in [0.15, 0.2) is 42.5 Å². The highest BCUT2D eigenvalue weighted by molar-refractivity contribution is 7.92. The number of likely N-dealkylation sites (tertiary alicyclic amines) is 1. The van der Waals surface area contributed by atoms with Crippen LogP contribution in [0.3, 0.4) is 0 Å². The molecule has 1 N–H and O–H groups in total. The van der Waals surface area contributed by atoms with Crippen LogP contribution in [0, 0.1) is 11.6 Å². The van der Waals surface area contributed by atoms with Gasteiger partial charge in [0.25, 0.3) is 0 Å². The van der Waals surface area contributed by atoms with E-state index in [0.29, 0.717) is 10.4 Å². The van der Waals surface area contributed by atoms with Gasteiger partial charge in [0.1, 0.15) is 18.2 Å². The molecule has 168 valence electrons. The van der Waals surface area contributed by atoms with Crippen LogP contribution in [0.2, 0.25) is 0 Å². The molecule has 0 bridgehead atoms. The third-order valence-corrected chi connectivity index (χ3v) is 6.43. The monoisotopic (exact) mass is 451 g/mol. The Hall–Kier alpha value is -2.52. The molecule has 0 aliphatic carbocycles. The lowest BCUT2D eigenvalue weighted by Gasteiger charge is -2.27. The maximum atomic E-state index is 14.1. The molecule has 2 aromatic rings. The summed E-state index contributed by atoms with van der Waals surface area (Å²) in [6, 6.07) is 10.3. The first-order valence-electron chi connectivity index (χ1n) is 10.2. The average Bonchev–Trinajstić information content (AvgIpc) is 2.72. The maximum absolute atomic E-state index is 14.1. The summed E-state index contributed by atoms with van der Waals surface area (Å²) < 4.78 is 52.2. The molecule has 2 aromatic carbocycles. The maximum Gasteiger partial charge on any atom is 0.241 e. The van der Waals surface area contributed by atoms with E-state index in [9.17, 15) is 22.0 Å². The summed E-state index contributed by atoms with van der Waals surface area (Å²) in [5.74, 6) is -2.46. The first-order valence-corrected chi connectivity index (χ1v) is 12.1. The van der Waals surface area contributed by atoms with E-state index in [1.807, 2.05) is 24.3 Å². The number of amides is 1. The average molecular weight is 452 g/mol. The van der Waals surface area contributed by atoms with Crippen LogP contribution in [0.25, 0.3) is 0 Å². The minimum atomic E-state index is -3.96. The number of carbonyl (C=O) groups excluding carboxylic acids is 1. The molecule has 0 saturated carbocycles. The van der Waals surface area contributed by atoms with Gasteiger partial charge in [0.2, 0.25) is 15.9 Å². The van der Waals surface area contributed by atoms with Gasteiger partial charge >= 0.3 is 0 Å². The van der Waals surface area contributed by atoms with E-state index in [1.165, 1.54) is 19.3 Å². The summed E-state index contributed by atoms with van der Waals surface area (Å²) >= 11 is 0. The Morgan fingerprint density at radius 3 is 2.39 bits per heavy atom. The van der Waals surface area contributed by atoms with Gasteiger partial charge in [-0.1, -0.05) is 30.7 Å². The van der Waals surface area contributed by atoms with Crippen molar-refractivity contribution in [3.05, 3.63) is 65.2 Å². The summed E-state index contributed by atoms with van der Waals surface area (Å²) in [5.41, 5.74) is 1.68. The Morgan fingerprint density at radius 2 is 1.74 bits per heavy atom. The molecule has 6 nitrogen and oxygen atoms in total. The number of nitrogens with one attached hydrogen (secondary N) is 1. The summed E-state index contributed by atoms with van der Waals surface area (Å²) in [7, 11) is -3.96. The third-order valence-electron chi connectivity index (χ3n) is 5.30. The second-order valence-electron chi connectivity index (χ2n) is 7.75. The van der Waals surface area contributed by atoms with Crippen LogP contribution in [0.4, 0.5) is 14.5 Å². The lowest BCUT2D eigenvalue weighted by atomic mass is 10.0. The molecule has 0 spiro atoms. The quantitative estimate of drug-likeness (QED) is 0.670. The van der Waals surface area contributed by atoms with E-state index in [-0.39, 0.29) is 12.2 Å². The Balaban J connectivity index is 1.67. The smallest absolute Gasteiger partial charge is 0.241 e. The van der Waals surface area contributed by atoms with Crippen LogP contribution in [0.1, 0.15) is 30.4 Å². The van der Waals surface area contributed by atoms with Gasteiger partial charge in [-0.05, 0) is 49.2 Å². The molecule has 1 aliphatic heterocycles. The number of rotatable bonds is 8. The van der Waals surface area contributed by atoms with E-state index in [1.54, 1.807) is 0 Å². The molecule has 0 unspecified atom stereocenters. The zero-order valence-electron chi connectivity index (χ0n) is 17.5. The molecule has 3 rings (SSSR count). The fourth-order valence-electron chi connectivity index (χ4n) is 3.69. The lowest BCUT2D eigenvalue weighted by molar-refractivity contribution is -0.119. The first-order chi connectivity index (χ1) is 14.7.